The number of carbonyl (C=O) groups is 1. The van der Waals surface area contributed by atoms with Crippen molar-refractivity contribution in [2.75, 3.05) is 13.7 Å². The Morgan fingerprint density at radius 2 is 2.17 bits per heavy atom. The van der Waals surface area contributed by atoms with Gasteiger partial charge in [0.2, 0.25) is 0 Å². The summed E-state index contributed by atoms with van der Waals surface area (Å²) in [5.41, 5.74) is 1.87. The first-order valence-electron chi connectivity index (χ1n) is 8.08. The van der Waals surface area contributed by atoms with Gasteiger partial charge in [0.25, 0.3) is 5.91 Å². The van der Waals surface area contributed by atoms with Crippen molar-refractivity contribution in [2.24, 2.45) is 5.92 Å². The number of amides is 1. The maximum Gasteiger partial charge on any atom is 0.271 e. The Balaban J connectivity index is 2.09. The van der Waals surface area contributed by atoms with E-state index in [1.165, 1.54) is 0 Å². The smallest absolute Gasteiger partial charge is 0.271 e. The Labute approximate surface area is 142 Å². The van der Waals surface area contributed by atoms with Crippen molar-refractivity contribution in [1.29, 1.82) is 0 Å². The van der Waals surface area contributed by atoms with Crippen molar-refractivity contribution >= 4 is 5.91 Å². The molecular weight excluding hydrogens is 306 g/mol. The molecule has 0 aliphatic rings. The van der Waals surface area contributed by atoms with Crippen LogP contribution in [0.3, 0.4) is 0 Å². The Morgan fingerprint density at radius 3 is 2.83 bits per heavy atom. The van der Waals surface area contributed by atoms with Gasteiger partial charge in [0.1, 0.15) is 17.3 Å². The first-order valence-corrected chi connectivity index (χ1v) is 8.08. The molecule has 1 unspecified atom stereocenters. The molecule has 0 saturated carbocycles. The highest BCUT2D eigenvalue weighted by molar-refractivity contribution is 5.94. The van der Waals surface area contributed by atoms with Crippen molar-refractivity contribution in [3.63, 3.8) is 0 Å². The third kappa shape index (κ3) is 4.58. The summed E-state index contributed by atoms with van der Waals surface area (Å²) < 4.78 is 5.21. The number of methoxy groups -OCH3 is 1. The second kappa shape index (κ2) is 7.97. The lowest BCUT2D eigenvalue weighted by Crippen LogP contribution is -2.33. The topological polar surface area (TPSA) is 87.2 Å². The molecular formula is C18H25N3O3. The van der Waals surface area contributed by atoms with E-state index in [1.807, 2.05) is 38.1 Å². The fourth-order valence-corrected chi connectivity index (χ4v) is 2.51. The first-order chi connectivity index (χ1) is 11.4. The molecule has 2 aromatic rings. The number of hydrogen-bond donors (Lipinski definition) is 3. The van der Waals surface area contributed by atoms with Crippen molar-refractivity contribution in [3.8, 4) is 17.1 Å². The molecule has 24 heavy (non-hydrogen) atoms. The van der Waals surface area contributed by atoms with Gasteiger partial charge in [-0.15, -0.1) is 0 Å². The number of aromatic amines is 1. The summed E-state index contributed by atoms with van der Waals surface area (Å²) in [6.45, 7) is 6.08. The van der Waals surface area contributed by atoms with Crippen LogP contribution in [0.25, 0.3) is 11.4 Å². The monoisotopic (exact) mass is 331 g/mol. The molecule has 6 heteroatoms. The highest BCUT2D eigenvalue weighted by atomic mass is 16.5. The summed E-state index contributed by atoms with van der Waals surface area (Å²) in [7, 11) is 1.61. The van der Waals surface area contributed by atoms with E-state index in [2.05, 4.69) is 15.3 Å². The summed E-state index contributed by atoms with van der Waals surface area (Å²) in [6, 6.07) is 7.47. The van der Waals surface area contributed by atoms with E-state index in [-0.39, 0.29) is 12.5 Å². The zero-order chi connectivity index (χ0) is 17.7. The molecule has 6 nitrogen and oxygen atoms in total. The van der Waals surface area contributed by atoms with Crippen LogP contribution in [0.15, 0.2) is 24.3 Å². The number of aliphatic hydroxyl groups excluding tert-OH is 1. The van der Waals surface area contributed by atoms with E-state index in [1.54, 1.807) is 14.0 Å². The SMILES string of the molecule is COc1cccc(-c2nc(C(=O)NCC(O)CC(C)C)c(C)[nH]2)c1. The molecule has 0 radical (unpaired) electrons. The average Bonchev–Trinajstić information content (AvgIpc) is 2.94. The van der Waals surface area contributed by atoms with E-state index >= 15 is 0 Å². The van der Waals surface area contributed by atoms with Gasteiger partial charge in [-0.25, -0.2) is 4.98 Å². The normalized spacial score (nSPS) is 12.2. The predicted octanol–water partition coefficient (Wildman–Crippen LogP) is 2.53. The number of hydrogen-bond acceptors (Lipinski definition) is 4. The van der Waals surface area contributed by atoms with Crippen molar-refractivity contribution in [3.05, 3.63) is 35.7 Å². The minimum Gasteiger partial charge on any atom is -0.497 e. The van der Waals surface area contributed by atoms with Gasteiger partial charge in [0.05, 0.1) is 13.2 Å². The van der Waals surface area contributed by atoms with Gasteiger partial charge in [0, 0.05) is 17.8 Å². The van der Waals surface area contributed by atoms with Crippen LogP contribution >= 0.6 is 0 Å². The molecule has 0 aliphatic heterocycles. The molecule has 1 amide bonds. The van der Waals surface area contributed by atoms with Crippen LogP contribution in [0.2, 0.25) is 0 Å². The quantitative estimate of drug-likeness (QED) is 0.727. The maximum atomic E-state index is 12.3. The highest BCUT2D eigenvalue weighted by Gasteiger charge is 2.17. The summed E-state index contributed by atoms with van der Waals surface area (Å²) in [6.07, 6.45) is 0.0978. The van der Waals surface area contributed by atoms with Crippen molar-refractivity contribution < 1.29 is 14.6 Å². The number of carbonyl (C=O) groups excluding carboxylic acids is 1. The van der Waals surface area contributed by atoms with Crippen LogP contribution in [0.1, 0.15) is 36.5 Å². The van der Waals surface area contributed by atoms with E-state index < -0.39 is 6.10 Å². The lowest BCUT2D eigenvalue weighted by Gasteiger charge is -2.13. The van der Waals surface area contributed by atoms with Gasteiger partial charge in [-0.2, -0.15) is 0 Å². The van der Waals surface area contributed by atoms with Gasteiger partial charge in [0.15, 0.2) is 0 Å². The molecule has 1 aromatic heterocycles. The number of ether oxygens (including phenoxy) is 1. The predicted molar refractivity (Wildman–Crippen MR) is 93.1 cm³/mol. The number of aryl methyl sites for hydroxylation is 1. The van der Waals surface area contributed by atoms with Gasteiger partial charge < -0.3 is 20.1 Å². The molecule has 0 aliphatic carbocycles. The molecule has 130 valence electrons. The second-order valence-electron chi connectivity index (χ2n) is 6.28. The fourth-order valence-electron chi connectivity index (χ4n) is 2.51. The molecule has 2 rings (SSSR count). The highest BCUT2D eigenvalue weighted by Crippen LogP contribution is 2.22. The molecule has 0 bridgehead atoms. The Bertz CT molecular complexity index is 695. The van der Waals surface area contributed by atoms with Crippen LogP contribution in [0, 0.1) is 12.8 Å². The molecule has 0 saturated heterocycles. The average molecular weight is 331 g/mol. The fraction of sp³-hybridized carbons (Fsp3) is 0.444. The Kier molecular flexibility index (Phi) is 5.98. The van der Waals surface area contributed by atoms with E-state index in [4.69, 9.17) is 4.74 Å². The number of benzene rings is 1. The molecule has 3 N–H and O–H groups in total. The van der Waals surface area contributed by atoms with Crippen LogP contribution in [-0.4, -0.2) is 40.7 Å². The molecule has 1 aromatic carbocycles. The van der Waals surface area contributed by atoms with Crippen molar-refractivity contribution in [2.45, 2.75) is 33.3 Å². The van der Waals surface area contributed by atoms with Crippen LogP contribution in [-0.2, 0) is 0 Å². The van der Waals surface area contributed by atoms with Gasteiger partial charge in [-0.1, -0.05) is 26.0 Å². The minimum absolute atomic E-state index is 0.220. The van der Waals surface area contributed by atoms with Crippen LogP contribution in [0.4, 0.5) is 0 Å². The number of nitrogens with one attached hydrogen (secondary N) is 2. The van der Waals surface area contributed by atoms with Gasteiger partial charge >= 0.3 is 0 Å². The third-order valence-electron chi connectivity index (χ3n) is 3.68. The molecule has 1 heterocycles. The van der Waals surface area contributed by atoms with E-state index in [0.717, 1.165) is 11.3 Å². The van der Waals surface area contributed by atoms with E-state index in [0.29, 0.717) is 29.6 Å². The zero-order valence-electron chi connectivity index (χ0n) is 14.6. The molecule has 1 atom stereocenters. The molecule has 0 fully saturated rings. The van der Waals surface area contributed by atoms with Gasteiger partial charge in [-0.3, -0.25) is 4.79 Å². The lowest BCUT2D eigenvalue weighted by atomic mass is 10.1. The number of rotatable bonds is 7. The number of imidazole rings is 1. The third-order valence-corrected chi connectivity index (χ3v) is 3.68. The van der Waals surface area contributed by atoms with E-state index in [9.17, 15) is 9.90 Å². The summed E-state index contributed by atoms with van der Waals surface area (Å²) in [4.78, 5) is 19.8. The minimum atomic E-state index is -0.550. The summed E-state index contributed by atoms with van der Waals surface area (Å²) in [5, 5.41) is 12.6. The number of nitrogens with zero attached hydrogens (tertiary/aromatic N) is 1. The molecule has 0 spiro atoms. The first kappa shape index (κ1) is 18.0. The number of H-pyrrole nitrogens is 1. The number of aliphatic hydroxyl groups is 1. The van der Waals surface area contributed by atoms with Crippen LogP contribution in [0.5, 0.6) is 5.75 Å². The lowest BCUT2D eigenvalue weighted by molar-refractivity contribution is 0.0895. The Morgan fingerprint density at radius 1 is 1.42 bits per heavy atom. The Hall–Kier alpha value is -2.34. The largest absolute Gasteiger partial charge is 0.497 e. The number of aromatic nitrogens is 2. The summed E-state index contributed by atoms with van der Waals surface area (Å²) in [5.74, 6) is 1.42. The summed E-state index contributed by atoms with van der Waals surface area (Å²) >= 11 is 0. The van der Waals surface area contributed by atoms with Crippen LogP contribution < -0.4 is 10.1 Å². The maximum absolute atomic E-state index is 12.3. The second-order valence-corrected chi connectivity index (χ2v) is 6.28. The van der Waals surface area contributed by atoms with Crippen molar-refractivity contribution in [1.82, 2.24) is 15.3 Å². The standard InChI is InChI=1S/C18H25N3O3/c1-11(2)8-14(22)10-19-18(23)16-12(3)20-17(21-16)13-6-5-7-15(9-13)24-4/h5-7,9,11,14,22H,8,10H2,1-4H3,(H,19,23)(H,20,21). The zero-order valence-corrected chi connectivity index (χ0v) is 14.6. The van der Waals surface area contributed by atoms with Gasteiger partial charge in [-0.05, 0) is 31.4 Å².